The number of nitrogen functional groups attached to an aromatic ring is 1. The summed E-state index contributed by atoms with van der Waals surface area (Å²) in [6, 6.07) is 14.3. The summed E-state index contributed by atoms with van der Waals surface area (Å²) >= 11 is 0. The van der Waals surface area contributed by atoms with Crippen LogP contribution >= 0.6 is 0 Å². The van der Waals surface area contributed by atoms with Crippen LogP contribution < -0.4 is 15.8 Å². The standard InChI is InChI=1S/C21H17N5O/c1-4-15-9-13(2)20(14(3)10-15)27-19-11-18(23)25-21(26-19)24-17-7-5-16(12-22)6-8-17/h1,5-11H,2-3H3,(H3,23,24,25,26). The van der Waals surface area contributed by atoms with Crippen LogP contribution in [0.2, 0.25) is 0 Å². The van der Waals surface area contributed by atoms with Gasteiger partial charge in [-0.3, -0.25) is 0 Å². The summed E-state index contributed by atoms with van der Waals surface area (Å²) in [5.74, 6) is 4.18. The van der Waals surface area contributed by atoms with Crippen molar-refractivity contribution in [3.8, 4) is 30.0 Å². The Morgan fingerprint density at radius 3 is 2.30 bits per heavy atom. The fourth-order valence-corrected chi connectivity index (χ4v) is 2.61. The van der Waals surface area contributed by atoms with Crippen molar-refractivity contribution >= 4 is 17.5 Å². The first-order valence-electron chi connectivity index (χ1n) is 8.16. The highest BCUT2D eigenvalue weighted by molar-refractivity contribution is 5.57. The number of benzene rings is 2. The molecule has 2 aromatic carbocycles. The second-order valence-electron chi connectivity index (χ2n) is 5.95. The van der Waals surface area contributed by atoms with Crippen molar-refractivity contribution < 1.29 is 4.74 Å². The third kappa shape index (κ3) is 4.15. The molecule has 0 saturated heterocycles. The third-order valence-electron chi connectivity index (χ3n) is 3.83. The van der Waals surface area contributed by atoms with Crippen LogP contribution in [0.4, 0.5) is 17.5 Å². The van der Waals surface area contributed by atoms with E-state index in [0.717, 1.165) is 22.4 Å². The first-order valence-corrected chi connectivity index (χ1v) is 8.16. The van der Waals surface area contributed by atoms with Crippen LogP contribution in [0.15, 0.2) is 42.5 Å². The number of aromatic nitrogens is 2. The summed E-state index contributed by atoms with van der Waals surface area (Å²) in [6.07, 6.45) is 5.47. The molecule has 0 fully saturated rings. The minimum Gasteiger partial charge on any atom is -0.438 e. The molecule has 0 aliphatic rings. The second kappa shape index (κ2) is 7.47. The van der Waals surface area contributed by atoms with Gasteiger partial charge in [0.05, 0.1) is 11.6 Å². The van der Waals surface area contributed by atoms with Gasteiger partial charge in [0, 0.05) is 17.3 Å². The highest BCUT2D eigenvalue weighted by Crippen LogP contribution is 2.30. The maximum absolute atomic E-state index is 8.87. The smallest absolute Gasteiger partial charge is 0.232 e. The molecule has 0 radical (unpaired) electrons. The fraction of sp³-hybridized carbons (Fsp3) is 0.0952. The number of rotatable bonds is 4. The van der Waals surface area contributed by atoms with Crippen molar-refractivity contribution in [2.45, 2.75) is 13.8 Å². The van der Waals surface area contributed by atoms with E-state index in [2.05, 4.69) is 27.3 Å². The molecular weight excluding hydrogens is 338 g/mol. The molecule has 0 aliphatic carbocycles. The lowest BCUT2D eigenvalue weighted by atomic mass is 10.1. The zero-order chi connectivity index (χ0) is 19.4. The largest absolute Gasteiger partial charge is 0.438 e. The van der Waals surface area contributed by atoms with Crippen LogP contribution in [0.5, 0.6) is 11.6 Å². The van der Waals surface area contributed by atoms with Crippen molar-refractivity contribution in [2.75, 3.05) is 11.1 Å². The van der Waals surface area contributed by atoms with Crippen LogP contribution in [-0.2, 0) is 0 Å². The molecule has 132 valence electrons. The summed E-state index contributed by atoms with van der Waals surface area (Å²) in [6.45, 7) is 3.84. The first-order chi connectivity index (χ1) is 13.0. The molecule has 0 atom stereocenters. The van der Waals surface area contributed by atoms with Gasteiger partial charge in [-0.2, -0.15) is 15.2 Å². The van der Waals surface area contributed by atoms with Crippen LogP contribution in [0, 0.1) is 37.5 Å². The van der Waals surface area contributed by atoms with Gasteiger partial charge < -0.3 is 15.8 Å². The number of anilines is 3. The highest BCUT2D eigenvalue weighted by atomic mass is 16.5. The summed E-state index contributed by atoms with van der Waals surface area (Å²) in [5, 5.41) is 11.9. The normalized spacial score (nSPS) is 9.93. The Morgan fingerprint density at radius 2 is 1.70 bits per heavy atom. The molecule has 3 rings (SSSR count). The van der Waals surface area contributed by atoms with Gasteiger partial charge in [0.25, 0.3) is 0 Å². The molecule has 0 unspecified atom stereocenters. The molecule has 1 aromatic heterocycles. The molecule has 0 amide bonds. The van der Waals surface area contributed by atoms with E-state index in [-0.39, 0.29) is 5.82 Å². The topological polar surface area (TPSA) is 96.9 Å². The van der Waals surface area contributed by atoms with Crippen LogP contribution in [0.3, 0.4) is 0 Å². The van der Waals surface area contributed by atoms with E-state index in [4.69, 9.17) is 22.2 Å². The number of ether oxygens (including phenoxy) is 1. The fourth-order valence-electron chi connectivity index (χ4n) is 2.61. The van der Waals surface area contributed by atoms with E-state index >= 15 is 0 Å². The lowest BCUT2D eigenvalue weighted by Crippen LogP contribution is -2.03. The average Bonchev–Trinajstić information content (AvgIpc) is 2.64. The second-order valence-corrected chi connectivity index (χ2v) is 5.95. The molecular formula is C21H17N5O. The molecule has 3 N–H and O–H groups in total. The predicted octanol–water partition coefficient (Wildman–Crippen LogP) is 4.06. The van der Waals surface area contributed by atoms with Crippen molar-refractivity contribution in [3.63, 3.8) is 0 Å². The van der Waals surface area contributed by atoms with Crippen LogP contribution in [0.1, 0.15) is 22.3 Å². The van der Waals surface area contributed by atoms with Crippen molar-refractivity contribution in [3.05, 3.63) is 64.7 Å². The molecule has 0 saturated carbocycles. The van der Waals surface area contributed by atoms with Gasteiger partial charge in [-0.05, 0) is 61.4 Å². The number of nitrogens with one attached hydrogen (secondary N) is 1. The number of terminal acetylenes is 1. The first kappa shape index (κ1) is 17.8. The molecule has 1 heterocycles. The van der Waals surface area contributed by atoms with Crippen LogP contribution in [-0.4, -0.2) is 9.97 Å². The molecule has 0 bridgehead atoms. The summed E-state index contributed by atoms with van der Waals surface area (Å²) in [5.41, 5.74) is 9.80. The van der Waals surface area contributed by atoms with E-state index in [0.29, 0.717) is 23.1 Å². The van der Waals surface area contributed by atoms with Gasteiger partial charge in [0.15, 0.2) is 0 Å². The number of aryl methyl sites for hydroxylation is 2. The van der Waals surface area contributed by atoms with Gasteiger partial charge in [0.1, 0.15) is 11.6 Å². The van der Waals surface area contributed by atoms with E-state index in [1.54, 1.807) is 30.3 Å². The Morgan fingerprint density at radius 1 is 1.04 bits per heavy atom. The van der Waals surface area contributed by atoms with E-state index < -0.39 is 0 Å². The number of nitriles is 1. The molecule has 0 aliphatic heterocycles. The Kier molecular flexibility index (Phi) is 4.92. The molecule has 0 spiro atoms. The zero-order valence-corrected chi connectivity index (χ0v) is 14.9. The van der Waals surface area contributed by atoms with Crippen molar-refractivity contribution in [1.82, 2.24) is 9.97 Å². The van der Waals surface area contributed by atoms with Gasteiger partial charge in [-0.15, -0.1) is 6.42 Å². The average molecular weight is 355 g/mol. The molecule has 3 aromatic rings. The number of nitrogens with two attached hydrogens (primary N) is 1. The van der Waals surface area contributed by atoms with Crippen LogP contribution in [0.25, 0.3) is 0 Å². The Bertz CT molecular complexity index is 1050. The number of nitrogens with zero attached hydrogens (tertiary/aromatic N) is 3. The highest BCUT2D eigenvalue weighted by Gasteiger charge is 2.10. The molecule has 6 nitrogen and oxygen atoms in total. The SMILES string of the molecule is C#Cc1cc(C)c(Oc2cc(N)nc(Nc3ccc(C#N)cc3)n2)c(C)c1. The van der Waals surface area contributed by atoms with Crippen molar-refractivity contribution in [1.29, 1.82) is 5.26 Å². The third-order valence-corrected chi connectivity index (χ3v) is 3.83. The van der Waals surface area contributed by atoms with Gasteiger partial charge in [-0.1, -0.05) is 5.92 Å². The molecule has 27 heavy (non-hydrogen) atoms. The summed E-state index contributed by atoms with van der Waals surface area (Å²) in [4.78, 5) is 8.53. The number of hydrogen-bond acceptors (Lipinski definition) is 6. The maximum atomic E-state index is 8.87. The van der Waals surface area contributed by atoms with E-state index in [9.17, 15) is 0 Å². The van der Waals surface area contributed by atoms with E-state index in [1.165, 1.54) is 0 Å². The minimum absolute atomic E-state index is 0.270. The quantitative estimate of drug-likeness (QED) is 0.685. The Hall–Kier alpha value is -4.03. The molecule has 6 heteroatoms. The Balaban J connectivity index is 1.88. The lowest BCUT2D eigenvalue weighted by Gasteiger charge is -2.13. The monoisotopic (exact) mass is 355 g/mol. The Labute approximate surface area is 157 Å². The number of hydrogen-bond donors (Lipinski definition) is 2. The lowest BCUT2D eigenvalue weighted by molar-refractivity contribution is 0.456. The van der Waals surface area contributed by atoms with Gasteiger partial charge in [0.2, 0.25) is 11.8 Å². The minimum atomic E-state index is 0.270. The predicted molar refractivity (Wildman–Crippen MR) is 105 cm³/mol. The maximum Gasteiger partial charge on any atom is 0.232 e. The van der Waals surface area contributed by atoms with Gasteiger partial charge in [-0.25, -0.2) is 0 Å². The van der Waals surface area contributed by atoms with Gasteiger partial charge >= 0.3 is 0 Å². The summed E-state index contributed by atoms with van der Waals surface area (Å²) < 4.78 is 5.95. The summed E-state index contributed by atoms with van der Waals surface area (Å²) in [7, 11) is 0. The van der Waals surface area contributed by atoms with Crippen molar-refractivity contribution in [2.24, 2.45) is 0 Å². The van der Waals surface area contributed by atoms with E-state index in [1.807, 2.05) is 26.0 Å². The zero-order valence-electron chi connectivity index (χ0n) is 14.9.